The molecule has 1 amide bonds. The maximum absolute atomic E-state index is 12.4. The number of carbonyl (C=O) groups is 1. The van der Waals surface area contributed by atoms with Gasteiger partial charge >= 0.3 is 0 Å². The molecule has 3 aromatic rings. The summed E-state index contributed by atoms with van der Waals surface area (Å²) in [5.41, 5.74) is 7.62. The molecule has 5 heteroatoms. The van der Waals surface area contributed by atoms with Crippen molar-refractivity contribution in [3.63, 3.8) is 0 Å². The van der Waals surface area contributed by atoms with Gasteiger partial charge in [0, 0.05) is 11.6 Å². The highest BCUT2D eigenvalue weighted by Crippen LogP contribution is 2.32. The van der Waals surface area contributed by atoms with E-state index in [0.29, 0.717) is 10.6 Å². The fourth-order valence-corrected chi connectivity index (χ4v) is 3.17. The van der Waals surface area contributed by atoms with Crippen LogP contribution in [0.25, 0.3) is 10.2 Å². The molecular weight excluding hydrogens is 282 g/mol. The molecular formula is C16H15N3OS. The number of benzene rings is 1. The van der Waals surface area contributed by atoms with E-state index in [2.05, 4.69) is 10.3 Å². The van der Waals surface area contributed by atoms with E-state index in [4.69, 9.17) is 5.73 Å². The van der Waals surface area contributed by atoms with E-state index in [1.807, 2.05) is 49.4 Å². The first-order valence-electron chi connectivity index (χ1n) is 6.65. The normalized spacial score (nSPS) is 12.2. The van der Waals surface area contributed by atoms with Gasteiger partial charge in [-0.25, -0.2) is 4.98 Å². The molecule has 1 unspecified atom stereocenters. The van der Waals surface area contributed by atoms with Crippen molar-refractivity contribution in [2.24, 2.45) is 0 Å². The standard InChI is InChI=1S/C16H15N3OS/c1-10(11-6-3-2-4-7-11)19-15(20)14-13(17)12-8-5-9-18-16(12)21-14/h2-10H,17H2,1H3,(H,19,20). The zero-order valence-corrected chi connectivity index (χ0v) is 12.4. The lowest BCUT2D eigenvalue weighted by Gasteiger charge is -2.13. The first-order chi connectivity index (χ1) is 10.2. The molecule has 1 atom stereocenters. The number of anilines is 1. The van der Waals surface area contributed by atoms with Gasteiger partial charge in [0.15, 0.2) is 0 Å². The lowest BCUT2D eigenvalue weighted by molar-refractivity contribution is 0.0945. The first kappa shape index (κ1) is 13.6. The molecule has 0 saturated carbocycles. The molecule has 0 spiro atoms. The van der Waals surface area contributed by atoms with Crippen LogP contribution in [0.4, 0.5) is 5.69 Å². The predicted octanol–water partition coefficient (Wildman–Crippen LogP) is 3.37. The maximum Gasteiger partial charge on any atom is 0.264 e. The molecule has 0 aliphatic carbocycles. The number of nitrogens with one attached hydrogen (secondary N) is 1. The molecule has 0 radical (unpaired) electrons. The van der Waals surface area contributed by atoms with Gasteiger partial charge in [0.1, 0.15) is 9.71 Å². The van der Waals surface area contributed by atoms with Crippen molar-refractivity contribution in [3.05, 3.63) is 59.1 Å². The Morgan fingerprint density at radius 3 is 2.71 bits per heavy atom. The molecule has 2 aromatic heterocycles. The second-order valence-electron chi connectivity index (χ2n) is 4.81. The highest BCUT2D eigenvalue weighted by atomic mass is 32.1. The lowest BCUT2D eigenvalue weighted by Crippen LogP contribution is -2.26. The third kappa shape index (κ3) is 2.60. The lowest BCUT2D eigenvalue weighted by atomic mass is 10.1. The van der Waals surface area contributed by atoms with Gasteiger partial charge in [0.2, 0.25) is 0 Å². The van der Waals surface area contributed by atoms with E-state index in [9.17, 15) is 4.79 Å². The first-order valence-corrected chi connectivity index (χ1v) is 7.47. The summed E-state index contributed by atoms with van der Waals surface area (Å²) in [7, 11) is 0. The van der Waals surface area contributed by atoms with Crippen molar-refractivity contribution in [3.8, 4) is 0 Å². The van der Waals surface area contributed by atoms with Gasteiger partial charge in [0.05, 0.1) is 11.7 Å². The van der Waals surface area contributed by atoms with Crippen LogP contribution >= 0.6 is 11.3 Å². The number of aromatic nitrogens is 1. The molecule has 0 aliphatic rings. The molecule has 1 aromatic carbocycles. The van der Waals surface area contributed by atoms with E-state index in [1.165, 1.54) is 11.3 Å². The number of carbonyl (C=O) groups excluding carboxylic acids is 1. The number of rotatable bonds is 3. The zero-order chi connectivity index (χ0) is 14.8. The smallest absolute Gasteiger partial charge is 0.264 e. The van der Waals surface area contributed by atoms with Crippen LogP contribution in [0.2, 0.25) is 0 Å². The molecule has 0 bridgehead atoms. The summed E-state index contributed by atoms with van der Waals surface area (Å²) in [6, 6.07) is 13.5. The fraction of sp³-hybridized carbons (Fsp3) is 0.125. The monoisotopic (exact) mass is 297 g/mol. The summed E-state index contributed by atoms with van der Waals surface area (Å²) >= 11 is 1.32. The summed E-state index contributed by atoms with van der Waals surface area (Å²) in [4.78, 5) is 18.0. The summed E-state index contributed by atoms with van der Waals surface area (Å²) in [5.74, 6) is -0.160. The van der Waals surface area contributed by atoms with Crippen LogP contribution < -0.4 is 11.1 Å². The van der Waals surface area contributed by atoms with Crippen LogP contribution in [0.15, 0.2) is 48.7 Å². The van der Waals surface area contributed by atoms with Crippen molar-refractivity contribution >= 4 is 33.1 Å². The van der Waals surface area contributed by atoms with Crippen molar-refractivity contribution in [1.82, 2.24) is 10.3 Å². The zero-order valence-electron chi connectivity index (χ0n) is 11.5. The minimum absolute atomic E-state index is 0.0729. The highest BCUT2D eigenvalue weighted by Gasteiger charge is 2.18. The topological polar surface area (TPSA) is 68.0 Å². The quantitative estimate of drug-likeness (QED) is 0.779. The van der Waals surface area contributed by atoms with Gasteiger partial charge in [-0.2, -0.15) is 0 Å². The molecule has 0 aliphatic heterocycles. The minimum Gasteiger partial charge on any atom is -0.397 e. The van der Waals surface area contributed by atoms with Crippen LogP contribution in [-0.2, 0) is 0 Å². The minimum atomic E-state index is -0.160. The summed E-state index contributed by atoms with van der Waals surface area (Å²) < 4.78 is 0. The Morgan fingerprint density at radius 2 is 2.00 bits per heavy atom. The average molecular weight is 297 g/mol. The van der Waals surface area contributed by atoms with Gasteiger partial charge in [-0.05, 0) is 24.6 Å². The Balaban J connectivity index is 1.86. The number of fused-ring (bicyclic) bond motifs is 1. The van der Waals surface area contributed by atoms with E-state index < -0.39 is 0 Å². The highest BCUT2D eigenvalue weighted by molar-refractivity contribution is 7.21. The van der Waals surface area contributed by atoms with Crippen LogP contribution in [0, 0.1) is 0 Å². The van der Waals surface area contributed by atoms with E-state index in [-0.39, 0.29) is 11.9 Å². The maximum atomic E-state index is 12.4. The van der Waals surface area contributed by atoms with Crippen molar-refractivity contribution in [1.29, 1.82) is 0 Å². The number of nitrogens with two attached hydrogens (primary N) is 1. The number of amides is 1. The van der Waals surface area contributed by atoms with Gasteiger partial charge < -0.3 is 11.1 Å². The molecule has 4 nitrogen and oxygen atoms in total. The van der Waals surface area contributed by atoms with Crippen LogP contribution in [0.5, 0.6) is 0 Å². The van der Waals surface area contributed by atoms with Crippen molar-refractivity contribution in [2.45, 2.75) is 13.0 Å². The Bertz CT molecular complexity index is 783. The Hall–Kier alpha value is -2.40. The Morgan fingerprint density at radius 1 is 1.24 bits per heavy atom. The number of nitrogen functional groups attached to an aromatic ring is 1. The molecule has 3 N–H and O–H groups in total. The van der Waals surface area contributed by atoms with E-state index >= 15 is 0 Å². The predicted molar refractivity (Wildman–Crippen MR) is 86.4 cm³/mol. The molecule has 3 rings (SSSR count). The second-order valence-corrected chi connectivity index (χ2v) is 5.81. The van der Waals surface area contributed by atoms with Gasteiger partial charge in [-0.1, -0.05) is 30.3 Å². The van der Waals surface area contributed by atoms with E-state index in [1.54, 1.807) is 6.20 Å². The van der Waals surface area contributed by atoms with Crippen molar-refractivity contribution in [2.75, 3.05) is 5.73 Å². The molecule has 21 heavy (non-hydrogen) atoms. The van der Waals surface area contributed by atoms with E-state index in [0.717, 1.165) is 15.8 Å². The number of thiophene rings is 1. The van der Waals surface area contributed by atoms with Crippen molar-refractivity contribution < 1.29 is 4.79 Å². The fourth-order valence-electron chi connectivity index (χ4n) is 2.21. The molecule has 0 saturated heterocycles. The van der Waals surface area contributed by atoms with Gasteiger partial charge in [-0.15, -0.1) is 11.3 Å². The Labute approximate surface area is 126 Å². The number of hydrogen-bond acceptors (Lipinski definition) is 4. The third-order valence-electron chi connectivity index (χ3n) is 3.36. The van der Waals surface area contributed by atoms with Crippen LogP contribution in [0.3, 0.4) is 0 Å². The SMILES string of the molecule is CC(NC(=O)c1sc2ncccc2c1N)c1ccccc1. The summed E-state index contributed by atoms with van der Waals surface area (Å²) in [5, 5.41) is 3.81. The average Bonchev–Trinajstić information content (AvgIpc) is 2.86. The van der Waals surface area contributed by atoms with Gasteiger partial charge in [-0.3, -0.25) is 4.79 Å². The van der Waals surface area contributed by atoms with Crippen LogP contribution in [-0.4, -0.2) is 10.9 Å². The molecule has 0 fully saturated rings. The molecule has 2 heterocycles. The Kier molecular flexibility index (Phi) is 3.58. The van der Waals surface area contributed by atoms with Crippen LogP contribution in [0.1, 0.15) is 28.2 Å². The molecule has 106 valence electrons. The van der Waals surface area contributed by atoms with Gasteiger partial charge in [0.25, 0.3) is 5.91 Å². The third-order valence-corrected chi connectivity index (χ3v) is 4.49. The second kappa shape index (κ2) is 5.54. The number of hydrogen-bond donors (Lipinski definition) is 2. The number of nitrogens with zero attached hydrogens (tertiary/aromatic N) is 1. The summed E-state index contributed by atoms with van der Waals surface area (Å²) in [6.45, 7) is 1.95. The number of pyridine rings is 1. The summed E-state index contributed by atoms with van der Waals surface area (Å²) in [6.07, 6.45) is 1.70. The largest absolute Gasteiger partial charge is 0.397 e.